The molecule has 1 aliphatic carbocycles. The molecule has 3 fully saturated rings. The van der Waals surface area contributed by atoms with E-state index in [2.05, 4.69) is 37.5 Å². The molecule has 0 radical (unpaired) electrons. The van der Waals surface area contributed by atoms with E-state index in [-0.39, 0.29) is 41.1 Å². The van der Waals surface area contributed by atoms with E-state index in [1.165, 1.54) is 11.8 Å². The van der Waals surface area contributed by atoms with Crippen molar-refractivity contribution in [3.63, 3.8) is 0 Å². The lowest BCUT2D eigenvalue weighted by molar-refractivity contribution is -0.149. The highest BCUT2D eigenvalue weighted by Gasteiger charge is 2.57. The lowest BCUT2D eigenvalue weighted by Gasteiger charge is -2.43. The van der Waals surface area contributed by atoms with Gasteiger partial charge in [0, 0.05) is 48.3 Å². The number of amidine groups is 1. The number of thioether (sulfide) groups is 1. The molecule has 0 N–H and O–H groups in total. The molecule has 4 aliphatic heterocycles. The van der Waals surface area contributed by atoms with Crippen molar-refractivity contribution in [3.05, 3.63) is 80.3 Å². The zero-order valence-electron chi connectivity index (χ0n) is 28.2. The molecule has 8 nitrogen and oxygen atoms in total. The SMILES string of the molecule is CC(=O)N1CCN(C(=O)C(C(=O)C2=C(C(C)C)N3C(=N[C@@](C)(c4ccc(Cl)cc4)[C@H]3c3ccc(Cl)cc3)S2)N2CCC[C@H]2C)CC12CC2. The molecule has 0 bridgehead atoms. The van der Waals surface area contributed by atoms with Crippen LogP contribution in [-0.4, -0.2) is 86.2 Å². The van der Waals surface area contributed by atoms with Gasteiger partial charge >= 0.3 is 0 Å². The number of nitrogens with zero attached hydrogens (tertiary/aromatic N) is 5. The molecule has 254 valence electrons. The lowest BCUT2D eigenvalue weighted by Crippen LogP contribution is -2.62. The molecule has 1 unspecified atom stereocenters. The maximum Gasteiger partial charge on any atom is 0.248 e. The van der Waals surface area contributed by atoms with Crippen molar-refractivity contribution in [1.82, 2.24) is 19.6 Å². The maximum absolute atomic E-state index is 15.1. The second-order valence-corrected chi connectivity index (χ2v) is 16.3. The van der Waals surface area contributed by atoms with Crippen molar-refractivity contribution in [3.8, 4) is 0 Å². The Morgan fingerprint density at radius 1 is 0.958 bits per heavy atom. The monoisotopic (exact) mass is 707 g/mol. The predicted molar refractivity (Wildman–Crippen MR) is 192 cm³/mol. The zero-order valence-corrected chi connectivity index (χ0v) is 30.5. The minimum absolute atomic E-state index is 0.0212. The van der Waals surface area contributed by atoms with Gasteiger partial charge in [-0.15, -0.1) is 0 Å². The number of piperazine rings is 1. The molecular weight excluding hydrogens is 665 g/mol. The van der Waals surface area contributed by atoms with Gasteiger partial charge in [0.15, 0.2) is 17.0 Å². The van der Waals surface area contributed by atoms with Crippen LogP contribution in [0, 0.1) is 5.92 Å². The molecule has 7 rings (SSSR count). The quantitative estimate of drug-likeness (QED) is 0.292. The lowest BCUT2D eigenvalue weighted by atomic mass is 9.81. The molecule has 5 aliphatic rings. The Bertz CT molecular complexity index is 1710. The molecular formula is C37H43Cl2N5O3S. The fourth-order valence-electron chi connectivity index (χ4n) is 8.36. The predicted octanol–water partition coefficient (Wildman–Crippen LogP) is 6.88. The van der Waals surface area contributed by atoms with Gasteiger partial charge in [0.2, 0.25) is 11.8 Å². The summed E-state index contributed by atoms with van der Waals surface area (Å²) in [5, 5.41) is 2.06. The van der Waals surface area contributed by atoms with E-state index >= 15 is 4.79 Å². The number of Topliss-reactive ketones (excluding diaryl/α,β-unsaturated/α-hetero) is 1. The Kier molecular flexibility index (Phi) is 8.75. The average molecular weight is 709 g/mol. The largest absolute Gasteiger partial charge is 0.337 e. The molecule has 1 saturated carbocycles. The van der Waals surface area contributed by atoms with E-state index in [9.17, 15) is 9.59 Å². The summed E-state index contributed by atoms with van der Waals surface area (Å²) in [5.41, 5.74) is 1.98. The number of hydrogen-bond acceptors (Lipinski definition) is 7. The minimum Gasteiger partial charge on any atom is -0.337 e. The third-order valence-corrected chi connectivity index (χ3v) is 12.6. The molecule has 48 heavy (non-hydrogen) atoms. The van der Waals surface area contributed by atoms with E-state index < -0.39 is 11.6 Å². The molecule has 11 heteroatoms. The van der Waals surface area contributed by atoms with Gasteiger partial charge in [0.25, 0.3) is 0 Å². The number of hydrogen-bond donors (Lipinski definition) is 0. The fraction of sp³-hybridized carbons (Fsp3) is 0.514. The van der Waals surface area contributed by atoms with E-state index in [1.54, 1.807) is 6.92 Å². The standard InChI is InChI=1S/C37H43Cl2N5O3S/c1-22(2)29-32(31(46)30(42-18-6-7-23(42)3)34(47)41-19-20-43(24(4)45)37(21-41)16-17-37)48-35-40-36(5,26-10-14-28(39)15-11-26)33(44(29)35)25-8-12-27(38)13-9-25/h8-15,22-23,30,33H,6-7,16-21H2,1-5H3/t23-,30?,33-,36+/m1/s1. The fourth-order valence-corrected chi connectivity index (χ4v) is 9.98. The summed E-state index contributed by atoms with van der Waals surface area (Å²) in [6, 6.07) is 14.6. The Morgan fingerprint density at radius 3 is 2.17 bits per heavy atom. The summed E-state index contributed by atoms with van der Waals surface area (Å²) in [5.74, 6) is -0.265. The Balaban J connectivity index is 1.29. The summed E-state index contributed by atoms with van der Waals surface area (Å²) in [4.78, 5) is 56.2. The number of carbonyl (C=O) groups is 3. The van der Waals surface area contributed by atoms with Crippen LogP contribution in [0.15, 0.2) is 64.1 Å². The number of fused-ring (bicyclic) bond motifs is 1. The number of rotatable bonds is 7. The van der Waals surface area contributed by atoms with Gasteiger partial charge in [-0.05, 0) is 99.1 Å². The van der Waals surface area contributed by atoms with Crippen molar-refractivity contribution in [2.75, 3.05) is 26.2 Å². The summed E-state index contributed by atoms with van der Waals surface area (Å²) in [6.45, 7) is 12.2. The molecule has 2 aromatic carbocycles. The summed E-state index contributed by atoms with van der Waals surface area (Å²) < 4.78 is 0. The number of halogens is 2. The van der Waals surface area contributed by atoms with E-state index in [4.69, 9.17) is 28.2 Å². The summed E-state index contributed by atoms with van der Waals surface area (Å²) >= 11 is 14.1. The third kappa shape index (κ3) is 5.59. The Labute approximate surface area is 297 Å². The van der Waals surface area contributed by atoms with Crippen LogP contribution in [-0.2, 0) is 19.9 Å². The smallest absolute Gasteiger partial charge is 0.248 e. The highest BCUT2D eigenvalue weighted by molar-refractivity contribution is 8.18. The van der Waals surface area contributed by atoms with Gasteiger partial charge in [-0.2, -0.15) is 0 Å². The van der Waals surface area contributed by atoms with Crippen molar-refractivity contribution >= 4 is 57.7 Å². The second-order valence-electron chi connectivity index (χ2n) is 14.5. The van der Waals surface area contributed by atoms with Gasteiger partial charge in [0.05, 0.1) is 16.5 Å². The highest BCUT2D eigenvalue weighted by Crippen LogP contribution is 2.56. The van der Waals surface area contributed by atoms with Crippen molar-refractivity contribution < 1.29 is 14.4 Å². The molecule has 4 heterocycles. The first kappa shape index (κ1) is 33.6. The van der Waals surface area contributed by atoms with Crippen molar-refractivity contribution in [1.29, 1.82) is 0 Å². The van der Waals surface area contributed by atoms with Gasteiger partial charge < -0.3 is 14.7 Å². The minimum atomic E-state index is -0.921. The molecule has 4 atom stereocenters. The van der Waals surface area contributed by atoms with Gasteiger partial charge in [-0.1, -0.05) is 61.3 Å². The number of aliphatic imine (C=N–C) groups is 1. The van der Waals surface area contributed by atoms with E-state index in [0.717, 1.165) is 47.7 Å². The van der Waals surface area contributed by atoms with E-state index in [1.807, 2.05) is 58.3 Å². The topological polar surface area (TPSA) is 76.5 Å². The van der Waals surface area contributed by atoms with Gasteiger partial charge in [0.1, 0.15) is 5.54 Å². The van der Waals surface area contributed by atoms with Crippen LogP contribution in [0.4, 0.5) is 0 Å². The maximum atomic E-state index is 15.1. The summed E-state index contributed by atoms with van der Waals surface area (Å²) in [7, 11) is 0. The molecule has 0 aromatic heterocycles. The van der Waals surface area contributed by atoms with Crippen molar-refractivity contribution in [2.24, 2.45) is 10.9 Å². The highest BCUT2D eigenvalue weighted by atomic mass is 35.5. The van der Waals surface area contributed by atoms with Crippen LogP contribution >= 0.6 is 35.0 Å². The molecule has 1 spiro atoms. The zero-order chi connectivity index (χ0) is 34.1. The number of likely N-dealkylation sites (tertiary alicyclic amines) is 1. The van der Waals surface area contributed by atoms with Crippen LogP contribution in [0.5, 0.6) is 0 Å². The van der Waals surface area contributed by atoms with Crippen LogP contribution < -0.4 is 0 Å². The van der Waals surface area contributed by atoms with Crippen molar-refractivity contribution in [2.45, 2.75) is 89.5 Å². The summed E-state index contributed by atoms with van der Waals surface area (Å²) in [6.07, 6.45) is 3.67. The molecule has 2 saturated heterocycles. The van der Waals surface area contributed by atoms with Gasteiger partial charge in [-0.3, -0.25) is 19.3 Å². The molecule has 2 amide bonds. The third-order valence-electron chi connectivity index (χ3n) is 11.0. The van der Waals surface area contributed by atoms with Crippen LogP contribution in [0.25, 0.3) is 0 Å². The Hall–Kier alpha value is -2.85. The van der Waals surface area contributed by atoms with Crippen LogP contribution in [0.3, 0.4) is 0 Å². The van der Waals surface area contributed by atoms with Crippen LogP contribution in [0.1, 0.15) is 77.5 Å². The number of carbonyl (C=O) groups excluding carboxylic acids is 3. The number of benzene rings is 2. The van der Waals surface area contributed by atoms with Gasteiger partial charge in [-0.25, -0.2) is 4.99 Å². The van der Waals surface area contributed by atoms with Crippen LogP contribution in [0.2, 0.25) is 10.0 Å². The van der Waals surface area contributed by atoms with E-state index in [0.29, 0.717) is 41.1 Å². The number of amides is 2. The second kappa shape index (κ2) is 12.5. The first-order chi connectivity index (χ1) is 22.8. The number of ketones is 1. The normalized spacial score (nSPS) is 27.2. The Morgan fingerprint density at radius 2 is 1.60 bits per heavy atom. The molecule has 2 aromatic rings. The average Bonchev–Trinajstić information content (AvgIpc) is 3.36. The number of allylic oxidation sites excluding steroid dienone is 1. The first-order valence-corrected chi connectivity index (χ1v) is 18.6. The first-order valence-electron chi connectivity index (χ1n) is 17.0.